The van der Waals surface area contributed by atoms with Crippen molar-refractivity contribution in [2.24, 2.45) is 7.05 Å². The highest BCUT2D eigenvalue weighted by Gasteiger charge is 2.07. The summed E-state index contributed by atoms with van der Waals surface area (Å²) in [5.41, 5.74) is 2.82. The van der Waals surface area contributed by atoms with Crippen molar-refractivity contribution in [1.82, 2.24) is 14.0 Å². The molecule has 3 rings (SSSR count). The van der Waals surface area contributed by atoms with Crippen LogP contribution in [0.4, 0.5) is 0 Å². The van der Waals surface area contributed by atoms with Crippen LogP contribution in [0, 0.1) is 6.92 Å². The number of hydrogen-bond donors (Lipinski definition) is 0. The highest BCUT2D eigenvalue weighted by Crippen LogP contribution is 2.14. The van der Waals surface area contributed by atoms with Crippen LogP contribution in [-0.2, 0) is 7.05 Å². The van der Waals surface area contributed by atoms with Crippen LogP contribution in [-0.4, -0.2) is 14.0 Å². The van der Waals surface area contributed by atoms with Crippen molar-refractivity contribution >= 4 is 16.6 Å². The minimum atomic E-state index is 0.0201. The highest BCUT2D eigenvalue weighted by atomic mass is 16.1. The largest absolute Gasteiger partial charge is 0.296 e. The van der Waals surface area contributed by atoms with Crippen molar-refractivity contribution in [3.05, 3.63) is 46.6 Å². The maximum Gasteiger partial charge on any atom is 0.261 e. The third kappa shape index (κ3) is 1.04. The Morgan fingerprint density at radius 3 is 2.94 bits per heavy atom. The predicted molar refractivity (Wildman–Crippen MR) is 62.7 cm³/mol. The van der Waals surface area contributed by atoms with E-state index in [1.807, 2.05) is 29.5 Å². The maximum atomic E-state index is 12.1. The number of aromatic nitrogens is 3. The molecule has 0 aliphatic heterocycles. The van der Waals surface area contributed by atoms with E-state index < -0.39 is 0 Å². The standard InChI is InChI=1S/C12H11N3O/c1-8-3-4-10-9(5-8)12(16)14(2)11-6-13-7-15(10)11/h3-7H,1-2H3. The zero-order chi connectivity index (χ0) is 11.3. The lowest BCUT2D eigenvalue weighted by molar-refractivity contribution is 0.881. The normalized spacial score (nSPS) is 11.4. The molecule has 3 aromatic rings. The summed E-state index contributed by atoms with van der Waals surface area (Å²) < 4.78 is 3.55. The van der Waals surface area contributed by atoms with E-state index in [9.17, 15) is 4.79 Å². The van der Waals surface area contributed by atoms with Gasteiger partial charge in [-0.25, -0.2) is 4.98 Å². The molecule has 4 heteroatoms. The van der Waals surface area contributed by atoms with Crippen molar-refractivity contribution < 1.29 is 0 Å². The zero-order valence-electron chi connectivity index (χ0n) is 9.14. The molecule has 0 aliphatic rings. The van der Waals surface area contributed by atoms with Crippen LogP contribution >= 0.6 is 0 Å². The summed E-state index contributed by atoms with van der Waals surface area (Å²) >= 11 is 0. The first-order valence-corrected chi connectivity index (χ1v) is 5.10. The number of rotatable bonds is 0. The third-order valence-corrected chi connectivity index (χ3v) is 2.91. The SMILES string of the molecule is Cc1ccc2c(c1)c(=O)n(C)c1cncn21. The average molecular weight is 213 g/mol. The van der Waals surface area contributed by atoms with Gasteiger partial charge in [-0.1, -0.05) is 11.6 Å². The molecule has 0 saturated heterocycles. The van der Waals surface area contributed by atoms with E-state index in [4.69, 9.17) is 0 Å². The van der Waals surface area contributed by atoms with Crippen LogP contribution in [0.15, 0.2) is 35.5 Å². The Kier molecular flexibility index (Phi) is 1.68. The van der Waals surface area contributed by atoms with Crippen molar-refractivity contribution in [2.45, 2.75) is 6.92 Å². The van der Waals surface area contributed by atoms with Crippen LogP contribution in [0.25, 0.3) is 16.6 Å². The summed E-state index contributed by atoms with van der Waals surface area (Å²) in [4.78, 5) is 16.2. The van der Waals surface area contributed by atoms with Gasteiger partial charge in [0.05, 0.1) is 17.1 Å². The molecule has 0 fully saturated rings. The Balaban J connectivity index is 2.71. The number of fused-ring (bicyclic) bond motifs is 3. The Labute approximate surface area is 91.8 Å². The summed E-state index contributed by atoms with van der Waals surface area (Å²) in [5.74, 6) is 0. The molecule has 2 heterocycles. The summed E-state index contributed by atoms with van der Waals surface area (Å²) in [6.07, 6.45) is 3.42. The second-order valence-corrected chi connectivity index (χ2v) is 4.01. The van der Waals surface area contributed by atoms with E-state index in [0.29, 0.717) is 0 Å². The lowest BCUT2D eigenvalue weighted by Crippen LogP contribution is -2.19. The monoisotopic (exact) mass is 213 g/mol. The molecule has 0 saturated carbocycles. The summed E-state index contributed by atoms with van der Waals surface area (Å²) in [6, 6.07) is 5.87. The molecule has 0 aliphatic carbocycles. The van der Waals surface area contributed by atoms with E-state index in [2.05, 4.69) is 4.98 Å². The molecule has 80 valence electrons. The first-order valence-electron chi connectivity index (χ1n) is 5.10. The van der Waals surface area contributed by atoms with Gasteiger partial charge in [0.15, 0.2) is 0 Å². The molecular weight excluding hydrogens is 202 g/mol. The molecule has 2 aromatic heterocycles. The Hall–Kier alpha value is -2.10. The van der Waals surface area contributed by atoms with E-state index in [1.165, 1.54) is 0 Å². The number of benzene rings is 1. The average Bonchev–Trinajstić information content (AvgIpc) is 2.75. The lowest BCUT2D eigenvalue weighted by Gasteiger charge is -2.06. The minimum absolute atomic E-state index is 0.0201. The molecule has 4 nitrogen and oxygen atoms in total. The zero-order valence-corrected chi connectivity index (χ0v) is 9.14. The molecule has 0 atom stereocenters. The molecule has 0 amide bonds. The van der Waals surface area contributed by atoms with Gasteiger partial charge in [-0.15, -0.1) is 0 Å². The number of hydrogen-bond acceptors (Lipinski definition) is 2. The van der Waals surface area contributed by atoms with E-state index >= 15 is 0 Å². The maximum absolute atomic E-state index is 12.1. The van der Waals surface area contributed by atoms with Gasteiger partial charge in [-0.05, 0) is 19.1 Å². The molecule has 16 heavy (non-hydrogen) atoms. The van der Waals surface area contributed by atoms with Crippen molar-refractivity contribution in [3.8, 4) is 0 Å². The van der Waals surface area contributed by atoms with Gasteiger partial charge in [0.25, 0.3) is 5.56 Å². The van der Waals surface area contributed by atoms with E-state index in [0.717, 1.165) is 22.1 Å². The van der Waals surface area contributed by atoms with Crippen LogP contribution in [0.3, 0.4) is 0 Å². The number of aryl methyl sites for hydroxylation is 2. The molecule has 0 unspecified atom stereocenters. The minimum Gasteiger partial charge on any atom is -0.296 e. The molecule has 0 N–H and O–H groups in total. The number of nitrogens with zero attached hydrogens (tertiary/aromatic N) is 3. The summed E-state index contributed by atoms with van der Waals surface area (Å²) in [5, 5.41) is 0.730. The van der Waals surface area contributed by atoms with Crippen molar-refractivity contribution in [2.75, 3.05) is 0 Å². The lowest BCUT2D eigenvalue weighted by atomic mass is 10.1. The quantitative estimate of drug-likeness (QED) is 0.567. The molecule has 0 spiro atoms. The summed E-state index contributed by atoms with van der Waals surface area (Å²) in [7, 11) is 1.76. The van der Waals surface area contributed by atoms with Gasteiger partial charge in [0.2, 0.25) is 0 Å². The highest BCUT2D eigenvalue weighted by molar-refractivity contribution is 5.81. The smallest absolute Gasteiger partial charge is 0.261 e. The van der Waals surface area contributed by atoms with Crippen LogP contribution in [0.1, 0.15) is 5.56 Å². The van der Waals surface area contributed by atoms with E-state index in [1.54, 1.807) is 24.1 Å². The molecule has 0 bridgehead atoms. The van der Waals surface area contributed by atoms with Crippen LogP contribution in [0.2, 0.25) is 0 Å². The Morgan fingerprint density at radius 1 is 1.31 bits per heavy atom. The van der Waals surface area contributed by atoms with Gasteiger partial charge in [-0.3, -0.25) is 13.8 Å². The topological polar surface area (TPSA) is 39.3 Å². The molecular formula is C12H11N3O. The van der Waals surface area contributed by atoms with Gasteiger partial charge >= 0.3 is 0 Å². The first kappa shape index (κ1) is 9.15. The van der Waals surface area contributed by atoms with Crippen LogP contribution in [0.5, 0.6) is 0 Å². The van der Waals surface area contributed by atoms with E-state index in [-0.39, 0.29) is 5.56 Å². The number of imidazole rings is 1. The second-order valence-electron chi connectivity index (χ2n) is 4.01. The molecule has 1 aromatic carbocycles. The van der Waals surface area contributed by atoms with Gasteiger partial charge < -0.3 is 0 Å². The Morgan fingerprint density at radius 2 is 2.12 bits per heavy atom. The van der Waals surface area contributed by atoms with Gasteiger partial charge in [-0.2, -0.15) is 0 Å². The first-order chi connectivity index (χ1) is 7.68. The second kappa shape index (κ2) is 2.95. The summed E-state index contributed by atoms with van der Waals surface area (Å²) in [6.45, 7) is 1.98. The molecule has 0 radical (unpaired) electrons. The fourth-order valence-electron chi connectivity index (χ4n) is 2.04. The Bertz CT molecular complexity index is 752. The fourth-order valence-corrected chi connectivity index (χ4v) is 2.04. The van der Waals surface area contributed by atoms with Crippen molar-refractivity contribution in [1.29, 1.82) is 0 Å². The van der Waals surface area contributed by atoms with Gasteiger partial charge in [0, 0.05) is 7.05 Å². The third-order valence-electron chi connectivity index (χ3n) is 2.91. The predicted octanol–water partition coefficient (Wildman–Crippen LogP) is 1.49. The van der Waals surface area contributed by atoms with Crippen LogP contribution < -0.4 is 5.56 Å². The van der Waals surface area contributed by atoms with Gasteiger partial charge in [0.1, 0.15) is 12.0 Å². The fraction of sp³-hybridized carbons (Fsp3) is 0.167. The van der Waals surface area contributed by atoms with Crippen molar-refractivity contribution in [3.63, 3.8) is 0 Å².